The number of carbonyl (C=O) groups excluding carboxylic acids is 4. The van der Waals surface area contributed by atoms with E-state index in [-0.39, 0.29) is 25.4 Å². The molecule has 2 fully saturated rings. The van der Waals surface area contributed by atoms with Crippen LogP contribution in [0.1, 0.15) is 40.0 Å². The molecule has 1 unspecified atom stereocenters. The summed E-state index contributed by atoms with van der Waals surface area (Å²) < 4.78 is 0. The highest BCUT2D eigenvalue weighted by Crippen LogP contribution is 2.34. The number of fused-ring (bicyclic) bond motifs is 1. The smallest absolute Gasteiger partial charge is 0.264 e. The first-order valence-electron chi connectivity index (χ1n) is 9.94. The van der Waals surface area contributed by atoms with Crippen LogP contribution in [0.15, 0.2) is 18.2 Å². The molecule has 0 spiro atoms. The number of anilines is 1. The minimum atomic E-state index is -0.955. The highest BCUT2D eigenvalue weighted by atomic mass is 16.3. The molecule has 0 aliphatic carbocycles. The third-order valence-corrected chi connectivity index (χ3v) is 5.79. The molecule has 9 nitrogen and oxygen atoms in total. The van der Waals surface area contributed by atoms with Crippen molar-refractivity contribution in [2.45, 2.75) is 25.3 Å². The van der Waals surface area contributed by atoms with Crippen molar-refractivity contribution in [3.63, 3.8) is 0 Å². The van der Waals surface area contributed by atoms with E-state index in [0.29, 0.717) is 29.9 Å². The summed E-state index contributed by atoms with van der Waals surface area (Å²) in [5.74, 6) is -1.95. The molecule has 4 amide bonds. The summed E-state index contributed by atoms with van der Waals surface area (Å²) in [7, 11) is 0. The maximum atomic E-state index is 13.2. The van der Waals surface area contributed by atoms with Gasteiger partial charge in [-0.3, -0.25) is 34.3 Å². The Labute approximate surface area is 168 Å². The molecule has 3 aliphatic rings. The first-order chi connectivity index (χ1) is 14.0. The first-order valence-corrected chi connectivity index (χ1v) is 9.94. The minimum Gasteiger partial charge on any atom is -0.396 e. The van der Waals surface area contributed by atoms with Gasteiger partial charge in [-0.05, 0) is 25.0 Å². The Hall–Kier alpha value is -2.78. The number of aliphatic hydroxyl groups is 1. The second-order valence-corrected chi connectivity index (χ2v) is 7.55. The zero-order valence-corrected chi connectivity index (χ0v) is 16.1. The molecule has 3 aliphatic heterocycles. The van der Waals surface area contributed by atoms with E-state index in [1.165, 1.54) is 0 Å². The van der Waals surface area contributed by atoms with Gasteiger partial charge in [-0.2, -0.15) is 0 Å². The fourth-order valence-corrected chi connectivity index (χ4v) is 4.27. The Morgan fingerprint density at radius 3 is 2.48 bits per heavy atom. The fraction of sp³-hybridized carbons (Fsp3) is 0.500. The molecule has 154 valence electrons. The van der Waals surface area contributed by atoms with Crippen LogP contribution in [-0.4, -0.2) is 83.9 Å². The highest BCUT2D eigenvalue weighted by molar-refractivity contribution is 6.25. The lowest BCUT2D eigenvalue weighted by Crippen LogP contribution is -2.54. The van der Waals surface area contributed by atoms with Crippen LogP contribution in [0.3, 0.4) is 0 Å². The van der Waals surface area contributed by atoms with Crippen LogP contribution >= 0.6 is 0 Å². The average Bonchev–Trinajstić information content (AvgIpc) is 2.98. The van der Waals surface area contributed by atoms with E-state index in [0.717, 1.165) is 31.0 Å². The van der Waals surface area contributed by atoms with Crippen molar-refractivity contribution in [3.8, 4) is 0 Å². The number of aliphatic hydroxyl groups excluding tert-OH is 1. The van der Waals surface area contributed by atoms with E-state index >= 15 is 0 Å². The third kappa shape index (κ3) is 3.51. The molecule has 0 aromatic heterocycles. The van der Waals surface area contributed by atoms with Crippen LogP contribution in [0, 0.1) is 0 Å². The molecule has 0 bridgehead atoms. The van der Waals surface area contributed by atoms with Crippen LogP contribution in [0.4, 0.5) is 5.69 Å². The molecule has 2 saturated heterocycles. The SMILES string of the molecule is O=C1CCC(N2C(=O)c3cccc(N4CCN(CCCO)CC4)c3C2=O)C(=O)N1. The number of hydrogen-bond donors (Lipinski definition) is 2. The summed E-state index contributed by atoms with van der Waals surface area (Å²) in [6, 6.07) is 4.25. The van der Waals surface area contributed by atoms with Crippen molar-refractivity contribution in [2.75, 3.05) is 44.2 Å². The van der Waals surface area contributed by atoms with Gasteiger partial charge in [-0.15, -0.1) is 0 Å². The van der Waals surface area contributed by atoms with Crippen LogP contribution in [0.25, 0.3) is 0 Å². The molecule has 3 heterocycles. The minimum absolute atomic E-state index is 0.104. The quantitative estimate of drug-likeness (QED) is 0.647. The molecular formula is C20H24N4O5. The van der Waals surface area contributed by atoms with Gasteiger partial charge in [-0.25, -0.2) is 0 Å². The van der Waals surface area contributed by atoms with E-state index in [1.54, 1.807) is 12.1 Å². The van der Waals surface area contributed by atoms with Gasteiger partial charge in [0.25, 0.3) is 11.8 Å². The number of rotatable bonds is 5. The first kappa shape index (κ1) is 19.5. The predicted octanol–water partition coefficient (Wildman–Crippen LogP) is -0.408. The van der Waals surface area contributed by atoms with E-state index in [4.69, 9.17) is 5.11 Å². The Balaban J connectivity index is 1.56. The van der Waals surface area contributed by atoms with Gasteiger partial charge >= 0.3 is 0 Å². The van der Waals surface area contributed by atoms with Gasteiger partial charge in [-0.1, -0.05) is 6.07 Å². The molecule has 29 heavy (non-hydrogen) atoms. The van der Waals surface area contributed by atoms with Gasteiger partial charge in [0.15, 0.2) is 0 Å². The Bertz CT molecular complexity index is 862. The molecular weight excluding hydrogens is 376 g/mol. The maximum absolute atomic E-state index is 13.2. The lowest BCUT2D eigenvalue weighted by Gasteiger charge is -2.36. The largest absolute Gasteiger partial charge is 0.396 e. The maximum Gasteiger partial charge on any atom is 0.264 e. The molecule has 2 N–H and O–H groups in total. The molecule has 9 heteroatoms. The normalized spacial score (nSPS) is 22.9. The predicted molar refractivity (Wildman–Crippen MR) is 103 cm³/mol. The van der Waals surface area contributed by atoms with Crippen molar-refractivity contribution in [1.29, 1.82) is 0 Å². The number of hydrogen-bond acceptors (Lipinski definition) is 7. The lowest BCUT2D eigenvalue weighted by atomic mass is 10.0. The summed E-state index contributed by atoms with van der Waals surface area (Å²) in [5.41, 5.74) is 1.35. The van der Waals surface area contributed by atoms with Gasteiger partial charge in [0.1, 0.15) is 6.04 Å². The van der Waals surface area contributed by atoms with Crippen molar-refractivity contribution in [1.82, 2.24) is 15.1 Å². The number of piperidine rings is 1. The van der Waals surface area contributed by atoms with Crippen molar-refractivity contribution < 1.29 is 24.3 Å². The van der Waals surface area contributed by atoms with Crippen molar-refractivity contribution in [2.24, 2.45) is 0 Å². The summed E-state index contributed by atoms with van der Waals surface area (Å²) in [5, 5.41) is 11.2. The number of nitrogens with zero attached hydrogens (tertiary/aromatic N) is 3. The monoisotopic (exact) mass is 400 g/mol. The summed E-state index contributed by atoms with van der Waals surface area (Å²) in [6.45, 7) is 4.03. The van der Waals surface area contributed by atoms with Crippen molar-refractivity contribution in [3.05, 3.63) is 29.3 Å². The van der Waals surface area contributed by atoms with Gasteiger partial charge in [0.05, 0.1) is 16.8 Å². The molecule has 1 aromatic carbocycles. The second kappa shape index (κ2) is 7.92. The molecule has 1 atom stereocenters. The standard InChI is InChI=1S/C20H24N4O5/c25-12-2-7-22-8-10-23(11-9-22)14-4-1-3-13-17(14)20(29)24(19(13)28)15-5-6-16(26)21-18(15)27/h1,3-4,15,25H,2,5-12H2,(H,21,26,27). The molecule has 0 saturated carbocycles. The average molecular weight is 400 g/mol. The molecule has 0 radical (unpaired) electrons. The van der Waals surface area contributed by atoms with Gasteiger partial charge in [0, 0.05) is 45.8 Å². The number of amides is 4. The van der Waals surface area contributed by atoms with E-state index in [9.17, 15) is 19.2 Å². The van der Waals surface area contributed by atoms with Crippen LogP contribution in [-0.2, 0) is 9.59 Å². The zero-order valence-electron chi connectivity index (χ0n) is 16.1. The number of carbonyl (C=O) groups is 4. The number of imide groups is 2. The van der Waals surface area contributed by atoms with E-state index in [1.807, 2.05) is 6.07 Å². The summed E-state index contributed by atoms with van der Waals surface area (Å²) >= 11 is 0. The third-order valence-electron chi connectivity index (χ3n) is 5.79. The summed E-state index contributed by atoms with van der Waals surface area (Å²) in [6.07, 6.45) is 0.982. The van der Waals surface area contributed by atoms with Gasteiger partial charge in [0.2, 0.25) is 11.8 Å². The van der Waals surface area contributed by atoms with Crippen LogP contribution in [0.5, 0.6) is 0 Å². The Morgan fingerprint density at radius 1 is 1.03 bits per heavy atom. The van der Waals surface area contributed by atoms with E-state index < -0.39 is 23.8 Å². The second-order valence-electron chi connectivity index (χ2n) is 7.55. The lowest BCUT2D eigenvalue weighted by molar-refractivity contribution is -0.136. The number of piperazine rings is 1. The number of benzene rings is 1. The zero-order chi connectivity index (χ0) is 20.5. The fourth-order valence-electron chi connectivity index (χ4n) is 4.27. The highest BCUT2D eigenvalue weighted by Gasteiger charge is 2.46. The Kier molecular flexibility index (Phi) is 5.33. The topological polar surface area (TPSA) is 110 Å². The summed E-state index contributed by atoms with van der Waals surface area (Å²) in [4.78, 5) is 55.1. The Morgan fingerprint density at radius 2 is 1.79 bits per heavy atom. The number of nitrogens with one attached hydrogen (secondary N) is 1. The molecule has 1 aromatic rings. The van der Waals surface area contributed by atoms with Crippen LogP contribution < -0.4 is 10.2 Å². The van der Waals surface area contributed by atoms with Crippen LogP contribution in [0.2, 0.25) is 0 Å². The molecule has 4 rings (SSSR count). The van der Waals surface area contributed by atoms with Gasteiger partial charge < -0.3 is 10.0 Å². The van der Waals surface area contributed by atoms with Crippen molar-refractivity contribution >= 4 is 29.3 Å². The van der Waals surface area contributed by atoms with E-state index in [2.05, 4.69) is 15.1 Å².